The van der Waals surface area contributed by atoms with Gasteiger partial charge in [0.2, 0.25) is 5.91 Å². The van der Waals surface area contributed by atoms with E-state index in [1.807, 2.05) is 0 Å². The van der Waals surface area contributed by atoms with E-state index in [2.05, 4.69) is 15.6 Å². The van der Waals surface area contributed by atoms with Gasteiger partial charge in [-0.3, -0.25) is 14.2 Å². The van der Waals surface area contributed by atoms with Crippen molar-refractivity contribution >= 4 is 34.9 Å². The first-order chi connectivity index (χ1) is 15.4. The highest BCUT2D eigenvalue weighted by Gasteiger charge is 2.13. The van der Waals surface area contributed by atoms with Crippen molar-refractivity contribution in [3.8, 4) is 0 Å². The number of nitrogens with two attached hydrogens (primary N) is 1. The Kier molecular flexibility index (Phi) is 10.8. The number of anilines is 2. The van der Waals surface area contributed by atoms with E-state index in [9.17, 15) is 14.4 Å². The van der Waals surface area contributed by atoms with Gasteiger partial charge in [-0.1, -0.05) is 0 Å². The van der Waals surface area contributed by atoms with Crippen molar-refractivity contribution in [2.45, 2.75) is 12.6 Å². The quantitative estimate of drug-likeness (QED) is 0.237. The van der Waals surface area contributed by atoms with Crippen molar-refractivity contribution < 1.29 is 24.2 Å². The molecule has 0 bridgehead atoms. The monoisotopic (exact) mass is 467 g/mol. The zero-order chi connectivity index (χ0) is 23.3. The number of nitrogens with one attached hydrogen (secondary N) is 2. The largest absolute Gasteiger partial charge is 0.394 e. The van der Waals surface area contributed by atoms with Gasteiger partial charge in [0.25, 0.3) is 5.91 Å². The molecule has 0 saturated carbocycles. The van der Waals surface area contributed by atoms with Gasteiger partial charge in [-0.05, 0) is 30.3 Å². The average Bonchev–Trinajstić information content (AvgIpc) is 2.79. The average molecular weight is 468 g/mol. The van der Waals surface area contributed by atoms with Crippen LogP contribution in [-0.2, 0) is 20.8 Å². The molecule has 0 aliphatic carbocycles. The number of aromatic nitrogens is 2. The number of nitrogens with zero attached hydrogens (tertiary/aromatic N) is 2. The summed E-state index contributed by atoms with van der Waals surface area (Å²) in [5, 5.41) is 14.0. The molecule has 2 rings (SSSR count). The van der Waals surface area contributed by atoms with Gasteiger partial charge in [-0.2, -0.15) is 4.98 Å². The smallest absolute Gasteiger partial charge is 0.349 e. The Labute approximate surface area is 189 Å². The lowest BCUT2D eigenvalue weighted by Gasteiger charge is -2.10. The van der Waals surface area contributed by atoms with Crippen LogP contribution in [0.3, 0.4) is 0 Å². The van der Waals surface area contributed by atoms with Crippen LogP contribution in [0.1, 0.15) is 10.4 Å². The van der Waals surface area contributed by atoms with E-state index in [1.165, 1.54) is 41.1 Å². The Morgan fingerprint density at radius 2 is 1.78 bits per heavy atom. The number of hydrogen-bond acceptors (Lipinski definition) is 8. The number of amides is 2. The number of hydrogen-bond donors (Lipinski definition) is 4. The molecule has 32 heavy (non-hydrogen) atoms. The van der Waals surface area contributed by atoms with Crippen molar-refractivity contribution in [3.63, 3.8) is 0 Å². The van der Waals surface area contributed by atoms with Crippen LogP contribution in [0.5, 0.6) is 0 Å². The lowest BCUT2D eigenvalue weighted by Crippen LogP contribution is -2.38. The fourth-order valence-electron chi connectivity index (χ4n) is 2.42. The molecular weight excluding hydrogens is 442 g/mol. The van der Waals surface area contributed by atoms with Gasteiger partial charge in [-0.15, -0.1) is 11.6 Å². The third-order valence-electron chi connectivity index (χ3n) is 4.13. The lowest BCUT2D eigenvalue weighted by atomic mass is 10.2. The highest BCUT2D eigenvalue weighted by molar-refractivity contribution is 6.17. The molecular formula is C20H26ClN5O6. The number of alkyl halides is 1. The third-order valence-corrected chi connectivity index (χ3v) is 4.29. The normalized spacial score (nSPS) is 11.7. The van der Waals surface area contributed by atoms with Crippen LogP contribution in [0.4, 0.5) is 11.5 Å². The summed E-state index contributed by atoms with van der Waals surface area (Å²) in [5.74, 6) is -0.481. The van der Waals surface area contributed by atoms with Crippen molar-refractivity contribution in [1.82, 2.24) is 9.55 Å². The zero-order valence-electron chi connectivity index (χ0n) is 17.3. The Morgan fingerprint density at radius 1 is 1.09 bits per heavy atom. The molecule has 0 aliphatic heterocycles. The predicted octanol–water partition coefficient (Wildman–Crippen LogP) is 0.0257. The van der Waals surface area contributed by atoms with E-state index in [0.717, 1.165) is 0 Å². The van der Waals surface area contributed by atoms with Crippen LogP contribution < -0.4 is 22.1 Å². The van der Waals surface area contributed by atoms with Crippen LogP contribution >= 0.6 is 11.6 Å². The van der Waals surface area contributed by atoms with Gasteiger partial charge in [0, 0.05) is 23.3 Å². The summed E-state index contributed by atoms with van der Waals surface area (Å²) in [5.41, 5.74) is 5.62. The maximum absolute atomic E-state index is 12.4. The molecule has 0 fully saturated rings. The highest BCUT2D eigenvalue weighted by atomic mass is 35.5. The van der Waals surface area contributed by atoms with Crippen molar-refractivity contribution in [1.29, 1.82) is 0 Å². The molecule has 1 unspecified atom stereocenters. The van der Waals surface area contributed by atoms with Gasteiger partial charge in [0.15, 0.2) is 0 Å². The van der Waals surface area contributed by atoms with Gasteiger partial charge < -0.3 is 30.9 Å². The first-order valence-corrected chi connectivity index (χ1v) is 10.4. The van der Waals surface area contributed by atoms with Gasteiger partial charge in [0.1, 0.15) is 11.9 Å². The maximum atomic E-state index is 12.4. The fraction of sp³-hybridized carbons (Fsp3) is 0.400. The second-order valence-electron chi connectivity index (χ2n) is 6.51. The minimum atomic E-state index is -1.03. The maximum Gasteiger partial charge on any atom is 0.349 e. The summed E-state index contributed by atoms with van der Waals surface area (Å²) in [7, 11) is 0. The van der Waals surface area contributed by atoms with Crippen LogP contribution in [0, 0.1) is 0 Å². The summed E-state index contributed by atoms with van der Waals surface area (Å²) < 4.78 is 11.9. The summed E-state index contributed by atoms with van der Waals surface area (Å²) in [4.78, 5) is 40.0. The second kappa shape index (κ2) is 13.6. The molecule has 2 aromatic rings. The molecule has 0 saturated heterocycles. The zero-order valence-corrected chi connectivity index (χ0v) is 18.1. The molecule has 1 atom stereocenters. The van der Waals surface area contributed by atoms with E-state index in [1.54, 1.807) is 0 Å². The second-order valence-corrected chi connectivity index (χ2v) is 6.89. The fourth-order valence-corrected chi connectivity index (χ4v) is 2.53. The third kappa shape index (κ3) is 8.36. The SMILES string of the molecule is NC(CO)C(=O)Nc1ccc(C(=O)Nc2ccn(CCOCCOCCCl)c(=O)n2)cc1. The Balaban J connectivity index is 1.84. The molecule has 1 aromatic heterocycles. The molecule has 2 amide bonds. The van der Waals surface area contributed by atoms with Crippen LogP contribution in [0.2, 0.25) is 0 Å². The van der Waals surface area contributed by atoms with Crippen molar-refractivity contribution in [2.24, 2.45) is 5.73 Å². The number of rotatable bonds is 13. The van der Waals surface area contributed by atoms with Gasteiger partial charge in [-0.25, -0.2) is 4.79 Å². The van der Waals surface area contributed by atoms with Crippen LogP contribution in [0.15, 0.2) is 41.3 Å². The first kappa shape index (κ1) is 25.4. The molecule has 1 heterocycles. The summed E-state index contributed by atoms with van der Waals surface area (Å²) in [6.45, 7) is 1.42. The predicted molar refractivity (Wildman–Crippen MR) is 119 cm³/mol. The van der Waals surface area contributed by atoms with E-state index in [4.69, 9.17) is 31.9 Å². The molecule has 12 heteroatoms. The summed E-state index contributed by atoms with van der Waals surface area (Å²) in [6, 6.07) is 6.49. The number of benzene rings is 1. The molecule has 5 N–H and O–H groups in total. The number of ether oxygens (including phenoxy) is 2. The van der Waals surface area contributed by atoms with Crippen LogP contribution in [-0.4, -0.2) is 71.4 Å². The Hall–Kier alpha value is -2.83. The Bertz CT molecular complexity index is 937. The minimum Gasteiger partial charge on any atom is -0.394 e. The summed E-state index contributed by atoms with van der Waals surface area (Å²) in [6.07, 6.45) is 1.52. The molecule has 1 aromatic carbocycles. The number of aliphatic hydroxyl groups excluding tert-OH is 1. The van der Waals surface area contributed by atoms with E-state index >= 15 is 0 Å². The van der Waals surface area contributed by atoms with E-state index in [0.29, 0.717) is 50.1 Å². The molecule has 11 nitrogen and oxygen atoms in total. The highest BCUT2D eigenvalue weighted by Crippen LogP contribution is 2.11. The van der Waals surface area contributed by atoms with Crippen molar-refractivity contribution in [3.05, 3.63) is 52.6 Å². The molecule has 0 spiro atoms. The lowest BCUT2D eigenvalue weighted by molar-refractivity contribution is -0.118. The van der Waals surface area contributed by atoms with E-state index in [-0.39, 0.29) is 5.82 Å². The Morgan fingerprint density at radius 3 is 2.41 bits per heavy atom. The molecule has 0 radical (unpaired) electrons. The van der Waals surface area contributed by atoms with E-state index < -0.39 is 30.2 Å². The number of carbonyl (C=O) groups is 2. The van der Waals surface area contributed by atoms with Gasteiger partial charge in [0.05, 0.1) is 39.6 Å². The minimum absolute atomic E-state index is 0.109. The number of aliphatic hydroxyl groups is 1. The standard InChI is InChI=1S/C20H26ClN5O6/c21-6-9-31-11-12-32-10-8-26-7-5-17(25-20(26)30)24-18(28)14-1-3-15(4-2-14)23-19(29)16(22)13-27/h1-5,7,16,27H,6,8-13,22H2,(H,23,29)(H,24,25,28,30). The number of carbonyl (C=O) groups excluding carboxylic acids is 2. The topological polar surface area (TPSA) is 158 Å². The first-order valence-electron chi connectivity index (χ1n) is 9.82. The van der Waals surface area contributed by atoms with Crippen molar-refractivity contribution in [2.75, 3.05) is 49.5 Å². The van der Waals surface area contributed by atoms with Gasteiger partial charge >= 0.3 is 5.69 Å². The molecule has 174 valence electrons. The van der Waals surface area contributed by atoms with Crippen LogP contribution in [0.25, 0.3) is 0 Å². The molecule has 0 aliphatic rings. The number of halogens is 1. The summed E-state index contributed by atoms with van der Waals surface area (Å²) >= 11 is 5.49.